The van der Waals surface area contributed by atoms with Crippen molar-refractivity contribution in [3.63, 3.8) is 0 Å². The highest BCUT2D eigenvalue weighted by Crippen LogP contribution is 1.95. The fraction of sp³-hybridized carbons (Fsp3) is 0.875. The lowest BCUT2D eigenvalue weighted by atomic mass is 10.2. The first-order chi connectivity index (χ1) is 5.61. The Hall–Kier alpha value is -0.770. The van der Waals surface area contributed by atoms with Crippen molar-refractivity contribution in [2.24, 2.45) is 11.7 Å². The fourth-order valence-corrected chi connectivity index (χ4v) is 0.911. The summed E-state index contributed by atoms with van der Waals surface area (Å²) in [5.74, 6) is 0.359. The van der Waals surface area contributed by atoms with Crippen molar-refractivity contribution in [3.05, 3.63) is 0 Å². The molecule has 72 valence electrons. The van der Waals surface area contributed by atoms with E-state index >= 15 is 0 Å². The predicted octanol–water partition coefficient (Wildman–Crippen LogP) is 0.243. The minimum absolute atomic E-state index is 0.0298. The molecule has 0 aliphatic carbocycles. The van der Waals surface area contributed by atoms with Crippen LogP contribution in [0.4, 0.5) is 4.79 Å². The summed E-state index contributed by atoms with van der Waals surface area (Å²) in [6.45, 7) is 5.92. The first kappa shape index (κ1) is 11.2. The average Bonchev–Trinajstić information content (AvgIpc) is 2.04. The van der Waals surface area contributed by atoms with Crippen LogP contribution in [0.3, 0.4) is 0 Å². The second kappa shape index (κ2) is 5.83. The number of hydrogen-bond donors (Lipinski definition) is 2. The van der Waals surface area contributed by atoms with Gasteiger partial charge in [0.2, 0.25) is 0 Å². The van der Waals surface area contributed by atoms with E-state index in [4.69, 9.17) is 5.73 Å². The number of carbonyl (C=O) groups is 1. The molecule has 4 nitrogen and oxygen atoms in total. The third-order valence-electron chi connectivity index (χ3n) is 1.66. The van der Waals surface area contributed by atoms with Crippen molar-refractivity contribution < 1.29 is 4.79 Å². The normalized spacial score (nSPS) is 12.3. The lowest BCUT2D eigenvalue weighted by Crippen LogP contribution is -2.40. The van der Waals surface area contributed by atoms with Crippen LogP contribution < -0.4 is 11.1 Å². The zero-order chi connectivity index (χ0) is 9.56. The molecule has 0 spiro atoms. The molecule has 0 saturated carbocycles. The third-order valence-corrected chi connectivity index (χ3v) is 1.66. The average molecular weight is 173 g/mol. The number of amides is 2. The van der Waals surface area contributed by atoms with E-state index in [1.165, 1.54) is 0 Å². The number of nitrogens with one attached hydrogen (secondary N) is 1. The summed E-state index contributed by atoms with van der Waals surface area (Å²) in [7, 11) is 1.77. The largest absolute Gasteiger partial charge is 0.338 e. The van der Waals surface area contributed by atoms with Gasteiger partial charge in [0.25, 0.3) is 0 Å². The van der Waals surface area contributed by atoms with Crippen LogP contribution in [0.2, 0.25) is 0 Å². The van der Waals surface area contributed by atoms with Crippen LogP contribution in [0.15, 0.2) is 0 Å². The first-order valence-electron chi connectivity index (χ1n) is 4.30. The molecule has 0 aliphatic heterocycles. The Labute approximate surface area is 74.1 Å². The molecule has 3 N–H and O–H groups in total. The molecule has 0 aromatic carbocycles. The van der Waals surface area contributed by atoms with E-state index in [1.54, 1.807) is 11.9 Å². The Morgan fingerprint density at radius 2 is 2.25 bits per heavy atom. The summed E-state index contributed by atoms with van der Waals surface area (Å²) in [6, 6.07) is -0.0298. The van der Waals surface area contributed by atoms with Gasteiger partial charge in [0.1, 0.15) is 0 Å². The van der Waals surface area contributed by atoms with Crippen LogP contribution in [-0.4, -0.2) is 37.6 Å². The lowest BCUT2D eigenvalue weighted by molar-refractivity contribution is 0.203. The number of hydrogen-bond acceptors (Lipinski definition) is 2. The molecule has 0 saturated heterocycles. The second-order valence-electron chi connectivity index (χ2n) is 3.06. The molecule has 0 bridgehead atoms. The van der Waals surface area contributed by atoms with Gasteiger partial charge in [-0.05, 0) is 19.4 Å². The molecule has 4 heteroatoms. The van der Waals surface area contributed by atoms with Crippen molar-refractivity contribution in [1.82, 2.24) is 10.2 Å². The molecule has 0 aliphatic rings. The zero-order valence-corrected chi connectivity index (χ0v) is 8.13. The topological polar surface area (TPSA) is 58.4 Å². The van der Waals surface area contributed by atoms with Crippen LogP contribution in [0, 0.1) is 5.92 Å². The number of rotatable bonds is 4. The van der Waals surface area contributed by atoms with Gasteiger partial charge in [0, 0.05) is 20.1 Å². The Kier molecular flexibility index (Phi) is 5.45. The van der Waals surface area contributed by atoms with Gasteiger partial charge in [0.05, 0.1) is 0 Å². The molecule has 0 rings (SSSR count). The molecule has 12 heavy (non-hydrogen) atoms. The molecule has 1 unspecified atom stereocenters. The summed E-state index contributed by atoms with van der Waals surface area (Å²) in [5, 5.41) is 2.72. The molecule has 1 atom stereocenters. The van der Waals surface area contributed by atoms with Crippen molar-refractivity contribution >= 4 is 6.03 Å². The summed E-state index contributed by atoms with van der Waals surface area (Å²) in [5.41, 5.74) is 5.44. The van der Waals surface area contributed by atoms with Gasteiger partial charge in [-0.25, -0.2) is 4.79 Å². The summed E-state index contributed by atoms with van der Waals surface area (Å²) in [4.78, 5) is 12.8. The van der Waals surface area contributed by atoms with Crippen LogP contribution >= 0.6 is 0 Å². The predicted molar refractivity (Wildman–Crippen MR) is 49.9 cm³/mol. The van der Waals surface area contributed by atoms with Crippen molar-refractivity contribution in [3.8, 4) is 0 Å². The SMILES string of the molecule is CCNC(=O)N(C)CC(C)CN. The van der Waals surface area contributed by atoms with Gasteiger partial charge >= 0.3 is 6.03 Å². The summed E-state index contributed by atoms with van der Waals surface area (Å²) in [6.07, 6.45) is 0. The molecule has 0 aromatic heterocycles. The van der Waals surface area contributed by atoms with E-state index < -0.39 is 0 Å². The highest BCUT2D eigenvalue weighted by molar-refractivity contribution is 5.73. The smallest absolute Gasteiger partial charge is 0.317 e. The van der Waals surface area contributed by atoms with Gasteiger partial charge in [-0.15, -0.1) is 0 Å². The van der Waals surface area contributed by atoms with Crippen LogP contribution in [0.5, 0.6) is 0 Å². The van der Waals surface area contributed by atoms with Crippen LogP contribution in [0.1, 0.15) is 13.8 Å². The zero-order valence-electron chi connectivity index (χ0n) is 8.13. The van der Waals surface area contributed by atoms with Gasteiger partial charge in [0.15, 0.2) is 0 Å². The Balaban J connectivity index is 3.70. The number of carbonyl (C=O) groups excluding carboxylic acids is 1. The van der Waals surface area contributed by atoms with Gasteiger partial charge in [-0.3, -0.25) is 0 Å². The van der Waals surface area contributed by atoms with E-state index in [1.807, 2.05) is 13.8 Å². The highest BCUT2D eigenvalue weighted by atomic mass is 16.2. The van der Waals surface area contributed by atoms with E-state index in [9.17, 15) is 4.79 Å². The fourth-order valence-electron chi connectivity index (χ4n) is 0.911. The van der Waals surface area contributed by atoms with Crippen molar-refractivity contribution in [2.75, 3.05) is 26.7 Å². The van der Waals surface area contributed by atoms with E-state index in [0.29, 0.717) is 25.6 Å². The van der Waals surface area contributed by atoms with Crippen molar-refractivity contribution in [2.45, 2.75) is 13.8 Å². The van der Waals surface area contributed by atoms with E-state index in [0.717, 1.165) is 0 Å². The molecule has 0 heterocycles. The summed E-state index contributed by atoms with van der Waals surface area (Å²) >= 11 is 0. The molecule has 0 aromatic rings. The second-order valence-corrected chi connectivity index (χ2v) is 3.06. The van der Waals surface area contributed by atoms with E-state index in [2.05, 4.69) is 5.32 Å². The lowest BCUT2D eigenvalue weighted by Gasteiger charge is -2.20. The third kappa shape index (κ3) is 4.18. The maximum atomic E-state index is 11.2. The summed E-state index contributed by atoms with van der Waals surface area (Å²) < 4.78 is 0. The highest BCUT2D eigenvalue weighted by Gasteiger charge is 2.09. The maximum Gasteiger partial charge on any atom is 0.317 e. The van der Waals surface area contributed by atoms with Gasteiger partial charge in [-0.1, -0.05) is 6.92 Å². The molecular formula is C8H19N3O. The van der Waals surface area contributed by atoms with Gasteiger partial charge in [-0.2, -0.15) is 0 Å². The monoisotopic (exact) mass is 173 g/mol. The van der Waals surface area contributed by atoms with Crippen LogP contribution in [0.25, 0.3) is 0 Å². The Morgan fingerprint density at radius 3 is 2.67 bits per heavy atom. The first-order valence-corrected chi connectivity index (χ1v) is 4.30. The maximum absolute atomic E-state index is 11.2. The number of nitrogens with zero attached hydrogens (tertiary/aromatic N) is 1. The van der Waals surface area contributed by atoms with Crippen molar-refractivity contribution in [1.29, 1.82) is 0 Å². The van der Waals surface area contributed by atoms with Crippen LogP contribution in [-0.2, 0) is 0 Å². The molecule has 0 radical (unpaired) electrons. The molecule has 2 amide bonds. The minimum Gasteiger partial charge on any atom is -0.338 e. The quantitative estimate of drug-likeness (QED) is 0.640. The minimum atomic E-state index is -0.0298. The number of nitrogens with two attached hydrogens (primary N) is 1. The Bertz CT molecular complexity index is 138. The number of urea groups is 1. The van der Waals surface area contributed by atoms with Gasteiger partial charge < -0.3 is 16.0 Å². The molecule has 0 fully saturated rings. The Morgan fingerprint density at radius 1 is 1.67 bits per heavy atom. The standard InChI is InChI=1S/C8H19N3O/c1-4-10-8(12)11(3)6-7(2)5-9/h7H,4-6,9H2,1-3H3,(H,10,12). The van der Waals surface area contributed by atoms with E-state index in [-0.39, 0.29) is 6.03 Å². The molecular weight excluding hydrogens is 154 g/mol.